The molecule has 0 heterocycles. The Morgan fingerprint density at radius 2 is 2.25 bits per heavy atom. The lowest BCUT2D eigenvalue weighted by Gasteiger charge is -2.05. The Morgan fingerprint density at radius 1 is 1.58 bits per heavy atom. The van der Waals surface area contributed by atoms with Gasteiger partial charge in [-0.2, -0.15) is 0 Å². The molecule has 64 valence electrons. The minimum absolute atomic E-state index is 0.594. The van der Waals surface area contributed by atoms with Gasteiger partial charge in [0.1, 0.15) is 6.04 Å². The van der Waals surface area contributed by atoms with Crippen molar-refractivity contribution < 1.29 is 9.90 Å². The molecule has 1 aromatic rings. The van der Waals surface area contributed by atoms with Crippen molar-refractivity contribution in [2.45, 2.75) is 6.04 Å². The monoisotopic (exact) mass is 229 g/mol. The van der Waals surface area contributed by atoms with Crippen molar-refractivity contribution in [3.8, 4) is 0 Å². The van der Waals surface area contributed by atoms with Crippen LogP contribution in [0.4, 0.5) is 0 Å². The fraction of sp³-hybridized carbons (Fsp3) is 0.125. The van der Waals surface area contributed by atoms with Crippen LogP contribution in [0.2, 0.25) is 0 Å². The summed E-state index contributed by atoms with van der Waals surface area (Å²) < 4.78 is 0.830. The summed E-state index contributed by atoms with van der Waals surface area (Å²) in [7, 11) is 0. The molecule has 3 nitrogen and oxygen atoms in total. The maximum atomic E-state index is 10.5. The van der Waals surface area contributed by atoms with E-state index >= 15 is 0 Å². The van der Waals surface area contributed by atoms with E-state index in [0.717, 1.165) is 4.47 Å². The Bertz CT molecular complexity index is 301. The number of rotatable bonds is 2. The van der Waals surface area contributed by atoms with Crippen molar-refractivity contribution >= 4 is 21.9 Å². The molecule has 1 atom stereocenters. The summed E-state index contributed by atoms with van der Waals surface area (Å²) in [6, 6.07) is 6.00. The van der Waals surface area contributed by atoms with E-state index in [1.54, 1.807) is 18.2 Å². The van der Waals surface area contributed by atoms with Crippen molar-refractivity contribution in [3.05, 3.63) is 34.3 Å². The summed E-state index contributed by atoms with van der Waals surface area (Å²) >= 11 is 3.23. The largest absolute Gasteiger partial charge is 0.480 e. The van der Waals surface area contributed by atoms with Crippen LogP contribution in [-0.4, -0.2) is 11.1 Å². The van der Waals surface area contributed by atoms with E-state index in [2.05, 4.69) is 15.9 Å². The van der Waals surface area contributed by atoms with Crippen LogP contribution in [0, 0.1) is 0 Å². The second-order valence-electron chi connectivity index (χ2n) is 2.37. The molecule has 0 aromatic heterocycles. The van der Waals surface area contributed by atoms with Crippen LogP contribution in [0.25, 0.3) is 0 Å². The van der Waals surface area contributed by atoms with Gasteiger partial charge < -0.3 is 10.8 Å². The van der Waals surface area contributed by atoms with Gasteiger partial charge in [0.15, 0.2) is 0 Å². The summed E-state index contributed by atoms with van der Waals surface area (Å²) in [4.78, 5) is 10.5. The first-order valence-corrected chi connectivity index (χ1v) is 4.14. The van der Waals surface area contributed by atoms with Crippen LogP contribution < -0.4 is 5.73 Å². The van der Waals surface area contributed by atoms with Gasteiger partial charge in [-0.1, -0.05) is 28.1 Å². The normalized spacial score (nSPS) is 12.5. The van der Waals surface area contributed by atoms with Gasteiger partial charge in [0.25, 0.3) is 0 Å². The van der Waals surface area contributed by atoms with E-state index < -0.39 is 12.0 Å². The van der Waals surface area contributed by atoms with Crippen LogP contribution >= 0.6 is 15.9 Å². The average Bonchev–Trinajstić information content (AvgIpc) is 2.03. The highest BCUT2D eigenvalue weighted by Gasteiger charge is 2.13. The predicted molar refractivity (Wildman–Crippen MR) is 48.7 cm³/mol. The minimum atomic E-state index is -1.02. The number of carboxylic acids is 1. The molecule has 4 heteroatoms. The molecule has 0 radical (unpaired) electrons. The van der Waals surface area contributed by atoms with Crippen molar-refractivity contribution in [2.24, 2.45) is 5.73 Å². The number of hydrogen-bond donors (Lipinski definition) is 2. The van der Waals surface area contributed by atoms with Crippen molar-refractivity contribution in [1.82, 2.24) is 0 Å². The third-order valence-electron chi connectivity index (χ3n) is 1.47. The lowest BCUT2D eigenvalue weighted by atomic mass is 10.1. The lowest BCUT2D eigenvalue weighted by molar-refractivity contribution is -0.138. The Labute approximate surface area is 78.3 Å². The number of hydrogen-bond acceptors (Lipinski definition) is 2. The fourth-order valence-corrected chi connectivity index (χ4v) is 1.26. The number of carboxylic acid groups (broad SMARTS) is 1. The number of carbonyl (C=O) groups is 1. The fourth-order valence-electron chi connectivity index (χ4n) is 0.843. The van der Waals surface area contributed by atoms with Crippen LogP contribution in [0.15, 0.2) is 28.7 Å². The van der Waals surface area contributed by atoms with E-state index in [1.165, 1.54) is 0 Å². The average molecular weight is 230 g/mol. The third kappa shape index (κ3) is 2.06. The number of aliphatic carboxylic acids is 1. The standard InChI is InChI=1S/C8H8BrNO2/c9-6-3-1-2-5(4-6)7(10)8(11)12/h1-4,7H,10H2,(H,11,12)/t7-/m1/s1. The van der Waals surface area contributed by atoms with E-state index in [1.807, 2.05) is 6.07 Å². The predicted octanol–water partition coefficient (Wildman–Crippen LogP) is 1.53. The summed E-state index contributed by atoms with van der Waals surface area (Å²) in [6.07, 6.45) is 0. The van der Waals surface area contributed by atoms with Gasteiger partial charge in [-0.15, -0.1) is 0 Å². The number of nitrogens with two attached hydrogens (primary N) is 1. The lowest BCUT2D eigenvalue weighted by Crippen LogP contribution is -2.20. The van der Waals surface area contributed by atoms with Gasteiger partial charge in [-0.05, 0) is 17.7 Å². The van der Waals surface area contributed by atoms with Gasteiger partial charge in [-0.3, -0.25) is 4.79 Å². The molecule has 0 aliphatic heterocycles. The highest BCUT2D eigenvalue weighted by atomic mass is 79.9. The quantitative estimate of drug-likeness (QED) is 0.809. The Morgan fingerprint density at radius 3 is 2.75 bits per heavy atom. The number of halogens is 1. The van der Waals surface area contributed by atoms with Gasteiger partial charge in [0.2, 0.25) is 0 Å². The Balaban J connectivity index is 2.95. The first-order chi connectivity index (χ1) is 5.61. The molecule has 0 fully saturated rings. The Hall–Kier alpha value is -0.870. The molecule has 12 heavy (non-hydrogen) atoms. The second-order valence-corrected chi connectivity index (χ2v) is 3.29. The van der Waals surface area contributed by atoms with Gasteiger partial charge in [0.05, 0.1) is 0 Å². The zero-order valence-electron chi connectivity index (χ0n) is 6.20. The van der Waals surface area contributed by atoms with Gasteiger partial charge in [0, 0.05) is 4.47 Å². The topological polar surface area (TPSA) is 63.3 Å². The summed E-state index contributed by atoms with van der Waals surface area (Å²) in [5.41, 5.74) is 5.98. The zero-order valence-corrected chi connectivity index (χ0v) is 7.78. The molecule has 0 bridgehead atoms. The molecule has 0 spiro atoms. The zero-order chi connectivity index (χ0) is 9.14. The van der Waals surface area contributed by atoms with Crippen LogP contribution in [0.3, 0.4) is 0 Å². The molecule has 1 rings (SSSR count). The molecule has 0 aliphatic rings. The molecule has 0 unspecified atom stereocenters. The Kier molecular flexibility index (Phi) is 2.83. The summed E-state index contributed by atoms with van der Waals surface area (Å²) in [5, 5.41) is 8.59. The van der Waals surface area contributed by atoms with Gasteiger partial charge >= 0.3 is 5.97 Å². The van der Waals surface area contributed by atoms with Crippen LogP contribution in [0.1, 0.15) is 11.6 Å². The molecular formula is C8H8BrNO2. The smallest absolute Gasteiger partial charge is 0.325 e. The minimum Gasteiger partial charge on any atom is -0.480 e. The maximum absolute atomic E-state index is 10.5. The van der Waals surface area contributed by atoms with Crippen LogP contribution in [-0.2, 0) is 4.79 Å². The second kappa shape index (κ2) is 3.69. The first kappa shape index (κ1) is 9.22. The van der Waals surface area contributed by atoms with E-state index in [9.17, 15) is 4.79 Å². The van der Waals surface area contributed by atoms with Crippen molar-refractivity contribution in [2.75, 3.05) is 0 Å². The first-order valence-electron chi connectivity index (χ1n) is 3.35. The summed E-state index contributed by atoms with van der Waals surface area (Å²) in [5.74, 6) is -1.02. The molecular weight excluding hydrogens is 222 g/mol. The molecule has 1 aromatic carbocycles. The SMILES string of the molecule is N[C@@H](C(=O)O)c1cccc(Br)c1. The molecule has 0 saturated carbocycles. The molecule has 3 N–H and O–H groups in total. The van der Waals surface area contributed by atoms with E-state index in [0.29, 0.717) is 5.56 Å². The van der Waals surface area contributed by atoms with E-state index in [-0.39, 0.29) is 0 Å². The highest BCUT2D eigenvalue weighted by Crippen LogP contribution is 2.16. The van der Waals surface area contributed by atoms with Gasteiger partial charge in [-0.25, -0.2) is 0 Å². The van der Waals surface area contributed by atoms with Crippen molar-refractivity contribution in [3.63, 3.8) is 0 Å². The molecule has 0 amide bonds. The third-order valence-corrected chi connectivity index (χ3v) is 1.97. The van der Waals surface area contributed by atoms with Crippen molar-refractivity contribution in [1.29, 1.82) is 0 Å². The van der Waals surface area contributed by atoms with Crippen LogP contribution in [0.5, 0.6) is 0 Å². The summed E-state index contributed by atoms with van der Waals surface area (Å²) in [6.45, 7) is 0. The molecule has 0 aliphatic carbocycles. The maximum Gasteiger partial charge on any atom is 0.325 e. The molecule has 0 saturated heterocycles. The van der Waals surface area contributed by atoms with E-state index in [4.69, 9.17) is 10.8 Å². The highest BCUT2D eigenvalue weighted by molar-refractivity contribution is 9.10. The number of benzene rings is 1.